The van der Waals surface area contributed by atoms with Gasteiger partial charge in [0, 0.05) is 6.42 Å². The molecule has 0 aromatic carbocycles. The van der Waals surface area contributed by atoms with Crippen LogP contribution in [0.1, 0.15) is 6.42 Å². The maximum Gasteiger partial charge on any atom is 0.364 e. The second-order valence-corrected chi connectivity index (χ2v) is 4.38. The minimum Gasteiger partial charge on any atom is -0.477 e. The molecule has 1 fully saturated rings. The number of aliphatic carboxylic acids is 1. The third kappa shape index (κ3) is 2.69. The summed E-state index contributed by atoms with van der Waals surface area (Å²) in [6.45, 7) is -1.06. The molecule has 0 bridgehead atoms. The van der Waals surface area contributed by atoms with E-state index in [4.69, 9.17) is 15.9 Å². The number of carboxylic acid groups (broad SMARTS) is 1. The maximum absolute atomic E-state index is 14.5. The van der Waals surface area contributed by atoms with Crippen LogP contribution in [0.3, 0.4) is 0 Å². The molecule has 0 aromatic rings. The third-order valence-electron chi connectivity index (χ3n) is 2.97. The lowest BCUT2D eigenvalue weighted by Gasteiger charge is -2.46. The van der Waals surface area contributed by atoms with Gasteiger partial charge in [-0.15, -0.1) is 0 Å². The van der Waals surface area contributed by atoms with Gasteiger partial charge in [-0.1, -0.05) is 0 Å². The van der Waals surface area contributed by atoms with Gasteiger partial charge in [0.2, 0.25) is 0 Å². The minimum atomic E-state index is -3.45. The zero-order chi connectivity index (χ0) is 15.0. The summed E-state index contributed by atoms with van der Waals surface area (Å²) >= 11 is 0. The molecule has 0 spiro atoms. The molecule has 6 atom stereocenters. The monoisotopic (exact) mass is 285 g/mol. The quantitative estimate of drug-likeness (QED) is 0.273. The lowest BCUT2D eigenvalue weighted by atomic mass is 9.87. The van der Waals surface area contributed by atoms with E-state index in [0.717, 1.165) is 0 Å². The van der Waals surface area contributed by atoms with E-state index < -0.39 is 55.0 Å². The second-order valence-electron chi connectivity index (χ2n) is 4.38. The number of carbonyl (C=O) groups is 1. The summed E-state index contributed by atoms with van der Waals surface area (Å²) in [6.07, 6.45) is -7.27. The highest BCUT2D eigenvalue weighted by Crippen LogP contribution is 2.38. The molecule has 1 rings (SSSR count). The van der Waals surface area contributed by atoms with Gasteiger partial charge in [0.25, 0.3) is 11.6 Å². The summed E-state index contributed by atoms with van der Waals surface area (Å²) in [7, 11) is 0. The molecule has 9 nitrogen and oxygen atoms in total. The van der Waals surface area contributed by atoms with Crippen molar-refractivity contribution < 1.29 is 44.6 Å². The van der Waals surface area contributed by atoms with Gasteiger partial charge in [-0.25, -0.2) is 9.18 Å². The molecule has 0 saturated carbocycles. The molecule has 0 aliphatic carbocycles. The van der Waals surface area contributed by atoms with Crippen LogP contribution in [0.2, 0.25) is 0 Å². The number of hydrogen-bond donors (Lipinski definition) is 7. The Morgan fingerprint density at radius 3 is 2.47 bits per heavy atom. The van der Waals surface area contributed by atoms with Crippen LogP contribution in [-0.4, -0.2) is 79.2 Å². The molecule has 1 saturated heterocycles. The number of alkyl halides is 1. The first-order valence-corrected chi connectivity index (χ1v) is 5.34. The van der Waals surface area contributed by atoms with Gasteiger partial charge in [0.1, 0.15) is 12.2 Å². The van der Waals surface area contributed by atoms with Crippen molar-refractivity contribution in [1.29, 1.82) is 0 Å². The molecular weight excluding hydrogens is 269 g/mol. The van der Waals surface area contributed by atoms with E-state index in [1.807, 2.05) is 0 Å². The van der Waals surface area contributed by atoms with Gasteiger partial charge in [0.05, 0.1) is 18.8 Å². The Kier molecular flexibility index (Phi) is 4.47. The lowest BCUT2D eigenvalue weighted by Crippen LogP contribution is -2.71. The van der Waals surface area contributed by atoms with Gasteiger partial charge >= 0.3 is 5.97 Å². The summed E-state index contributed by atoms with van der Waals surface area (Å²) < 4.78 is 18.7. The van der Waals surface area contributed by atoms with Crippen molar-refractivity contribution >= 4 is 5.97 Å². The number of hydrogen-bond acceptors (Lipinski definition) is 8. The molecule has 10 heteroatoms. The Labute approximate surface area is 106 Å². The summed E-state index contributed by atoms with van der Waals surface area (Å²) in [5.41, 5.74) is 5.26. The predicted octanol–water partition coefficient (Wildman–Crippen LogP) is -3.75. The molecule has 112 valence electrons. The van der Waals surface area contributed by atoms with Crippen molar-refractivity contribution in [2.75, 3.05) is 6.61 Å². The molecule has 8 N–H and O–H groups in total. The van der Waals surface area contributed by atoms with Crippen molar-refractivity contribution in [1.82, 2.24) is 0 Å². The summed E-state index contributed by atoms with van der Waals surface area (Å²) in [5, 5.41) is 55.0. The maximum atomic E-state index is 14.5. The second kappa shape index (κ2) is 5.25. The molecule has 0 aromatic heterocycles. The summed E-state index contributed by atoms with van der Waals surface area (Å²) in [5.74, 6) is -8.56. The molecular formula is C9H16FNO8. The lowest BCUT2D eigenvalue weighted by molar-refractivity contribution is -0.370. The Balaban J connectivity index is 3.12. The third-order valence-corrected chi connectivity index (χ3v) is 2.97. The van der Waals surface area contributed by atoms with Crippen molar-refractivity contribution in [2.45, 2.75) is 42.4 Å². The fraction of sp³-hybridized carbons (Fsp3) is 0.889. The Hall–Kier alpha value is -0.880. The number of ether oxygens (including phenoxy) is 1. The summed E-state index contributed by atoms with van der Waals surface area (Å²) in [4.78, 5) is 10.8. The number of rotatable bonds is 4. The van der Waals surface area contributed by atoms with Gasteiger partial charge < -0.3 is 36.4 Å². The highest BCUT2D eigenvalue weighted by molar-refractivity contribution is 5.75. The Bertz CT molecular complexity index is 357. The van der Waals surface area contributed by atoms with Crippen LogP contribution in [0.25, 0.3) is 0 Å². The first-order valence-electron chi connectivity index (χ1n) is 5.34. The van der Waals surface area contributed by atoms with Crippen LogP contribution in [0.4, 0.5) is 4.39 Å². The molecule has 0 amide bonds. The molecule has 1 aliphatic rings. The Morgan fingerprint density at radius 2 is 2.05 bits per heavy atom. The highest BCUT2D eigenvalue weighted by Gasteiger charge is 2.62. The first kappa shape index (κ1) is 16.2. The number of nitrogens with two attached hydrogens (primary N) is 1. The number of carboxylic acids is 1. The van der Waals surface area contributed by atoms with E-state index in [9.17, 15) is 29.6 Å². The van der Waals surface area contributed by atoms with Gasteiger partial charge in [0.15, 0.2) is 0 Å². The van der Waals surface area contributed by atoms with E-state index in [1.165, 1.54) is 0 Å². The number of halogens is 1. The predicted molar refractivity (Wildman–Crippen MR) is 55.2 cm³/mol. The zero-order valence-corrected chi connectivity index (χ0v) is 9.68. The van der Waals surface area contributed by atoms with Crippen LogP contribution >= 0.6 is 0 Å². The fourth-order valence-corrected chi connectivity index (χ4v) is 1.79. The van der Waals surface area contributed by atoms with Gasteiger partial charge in [-0.3, -0.25) is 4.74 Å². The van der Waals surface area contributed by atoms with Crippen molar-refractivity contribution in [3.8, 4) is 0 Å². The number of aliphatic hydroxyl groups excluding tert-OH is 4. The average molecular weight is 285 g/mol. The summed E-state index contributed by atoms with van der Waals surface area (Å²) in [6, 6.07) is -1.93. The van der Waals surface area contributed by atoms with Crippen LogP contribution in [-0.2, 0) is 9.53 Å². The van der Waals surface area contributed by atoms with Crippen LogP contribution in [0.15, 0.2) is 0 Å². The average Bonchev–Trinajstić information content (AvgIpc) is 2.33. The first-order chi connectivity index (χ1) is 8.58. The van der Waals surface area contributed by atoms with E-state index in [1.54, 1.807) is 0 Å². The van der Waals surface area contributed by atoms with E-state index in [2.05, 4.69) is 4.74 Å². The van der Waals surface area contributed by atoms with E-state index >= 15 is 0 Å². The Morgan fingerprint density at radius 1 is 1.53 bits per heavy atom. The molecule has 0 radical (unpaired) electrons. The van der Waals surface area contributed by atoms with Crippen molar-refractivity contribution in [3.63, 3.8) is 0 Å². The molecule has 1 aliphatic heterocycles. The SMILES string of the molecule is N[C@@H]1[C@@H](O)C[C@@](O)(C(=O)O)O[C@@]1(F)[C@H](O)[C@H](O)CO. The largest absolute Gasteiger partial charge is 0.477 e. The van der Waals surface area contributed by atoms with Crippen molar-refractivity contribution in [3.05, 3.63) is 0 Å². The molecule has 19 heavy (non-hydrogen) atoms. The molecule has 0 unspecified atom stereocenters. The fourth-order valence-electron chi connectivity index (χ4n) is 1.79. The van der Waals surface area contributed by atoms with Crippen LogP contribution in [0, 0.1) is 0 Å². The minimum absolute atomic E-state index is 0.920. The standard InChI is InChI=1S/C9H16FNO8/c10-9(6(15)4(14)2-12)5(11)3(13)1-8(18,19-9)7(16)17/h3-6,12-15,18H,1-2,11H2,(H,16,17)/t3-,4+,5+,6+,8-,9+/m0/s1. The topological polar surface area (TPSA) is 174 Å². The van der Waals surface area contributed by atoms with Crippen LogP contribution in [0.5, 0.6) is 0 Å². The van der Waals surface area contributed by atoms with Gasteiger partial charge in [-0.05, 0) is 0 Å². The zero-order valence-electron chi connectivity index (χ0n) is 9.68. The smallest absolute Gasteiger partial charge is 0.364 e. The highest BCUT2D eigenvalue weighted by atomic mass is 19.2. The molecule has 1 heterocycles. The van der Waals surface area contributed by atoms with E-state index in [-0.39, 0.29) is 0 Å². The van der Waals surface area contributed by atoms with Crippen molar-refractivity contribution in [2.24, 2.45) is 5.73 Å². The van der Waals surface area contributed by atoms with Gasteiger partial charge in [-0.2, -0.15) is 0 Å². The van der Waals surface area contributed by atoms with E-state index in [0.29, 0.717) is 0 Å². The normalized spacial score (nSPS) is 42.7. The van der Waals surface area contributed by atoms with Crippen LogP contribution < -0.4 is 5.73 Å². The number of aliphatic hydroxyl groups is 5.